The van der Waals surface area contributed by atoms with Crippen molar-refractivity contribution < 1.29 is 14.3 Å². The molecule has 4 rings (SSSR count). The van der Waals surface area contributed by atoms with Gasteiger partial charge in [0.15, 0.2) is 5.16 Å². The number of nitrogens with one attached hydrogen (secondary N) is 1. The number of carbonyl (C=O) groups is 2. The fraction of sp³-hybridized carbons (Fsp3) is 0.364. The molecule has 0 atom stereocenters. The molecule has 1 amide bonds. The second-order valence-electron chi connectivity index (χ2n) is 7.48. The van der Waals surface area contributed by atoms with Crippen LogP contribution < -0.4 is 5.32 Å². The molecule has 3 aromatic heterocycles. The summed E-state index contributed by atoms with van der Waals surface area (Å²) < 4.78 is 8.96. The van der Waals surface area contributed by atoms with Crippen molar-refractivity contribution in [1.29, 1.82) is 0 Å². The number of anilines is 1. The van der Waals surface area contributed by atoms with Gasteiger partial charge in [-0.25, -0.2) is 4.79 Å². The van der Waals surface area contributed by atoms with Crippen LogP contribution in [0.4, 0.5) is 5.00 Å². The maximum atomic E-state index is 12.7. The van der Waals surface area contributed by atoms with E-state index in [2.05, 4.69) is 22.1 Å². The molecule has 0 saturated heterocycles. The molecule has 168 valence electrons. The minimum atomic E-state index is -0.400. The van der Waals surface area contributed by atoms with E-state index in [1.54, 1.807) is 6.08 Å². The molecule has 3 aromatic rings. The van der Waals surface area contributed by atoms with Gasteiger partial charge in [-0.05, 0) is 37.0 Å². The lowest BCUT2D eigenvalue weighted by Gasteiger charge is -2.09. The first-order chi connectivity index (χ1) is 15.5. The second kappa shape index (κ2) is 9.74. The maximum Gasteiger partial charge on any atom is 0.341 e. The van der Waals surface area contributed by atoms with Gasteiger partial charge in [0.05, 0.1) is 18.4 Å². The SMILES string of the molecule is C=CCn1c(Cc2cccn2C)nnc1SCC(=O)Nc1sc2c(c1C(=O)OC)CCC2. The van der Waals surface area contributed by atoms with Gasteiger partial charge >= 0.3 is 5.97 Å². The summed E-state index contributed by atoms with van der Waals surface area (Å²) in [6, 6.07) is 4.04. The number of hydrogen-bond acceptors (Lipinski definition) is 7. The van der Waals surface area contributed by atoms with E-state index in [-0.39, 0.29) is 11.7 Å². The number of aromatic nitrogens is 4. The van der Waals surface area contributed by atoms with E-state index in [0.717, 1.165) is 41.2 Å². The number of methoxy groups -OCH3 is 1. The van der Waals surface area contributed by atoms with Crippen LogP contribution in [0.25, 0.3) is 0 Å². The van der Waals surface area contributed by atoms with Crippen LogP contribution in [0.5, 0.6) is 0 Å². The van der Waals surface area contributed by atoms with Crippen molar-refractivity contribution in [2.75, 3.05) is 18.2 Å². The van der Waals surface area contributed by atoms with Crippen molar-refractivity contribution in [3.8, 4) is 0 Å². The normalized spacial score (nSPS) is 12.6. The summed E-state index contributed by atoms with van der Waals surface area (Å²) in [5.41, 5.74) is 2.64. The van der Waals surface area contributed by atoms with Crippen molar-refractivity contribution >= 4 is 40.0 Å². The molecule has 0 spiro atoms. The van der Waals surface area contributed by atoms with Gasteiger partial charge in [0.2, 0.25) is 5.91 Å². The van der Waals surface area contributed by atoms with Crippen LogP contribution in [0, 0.1) is 0 Å². The number of aryl methyl sites for hydroxylation is 2. The second-order valence-corrected chi connectivity index (χ2v) is 9.52. The summed E-state index contributed by atoms with van der Waals surface area (Å²) >= 11 is 2.78. The Bertz CT molecular complexity index is 1160. The molecule has 8 nitrogen and oxygen atoms in total. The van der Waals surface area contributed by atoms with Gasteiger partial charge in [-0.2, -0.15) is 0 Å². The molecule has 32 heavy (non-hydrogen) atoms. The molecule has 0 unspecified atom stereocenters. The number of ether oxygens (including phenoxy) is 1. The Labute approximate surface area is 194 Å². The van der Waals surface area contributed by atoms with E-state index >= 15 is 0 Å². The minimum absolute atomic E-state index is 0.155. The highest BCUT2D eigenvalue weighted by Crippen LogP contribution is 2.39. The fourth-order valence-electron chi connectivity index (χ4n) is 3.81. The van der Waals surface area contributed by atoms with Crippen LogP contribution in [-0.2, 0) is 42.4 Å². The first kappa shape index (κ1) is 22.3. The number of thiophene rings is 1. The summed E-state index contributed by atoms with van der Waals surface area (Å²) in [4.78, 5) is 26.1. The zero-order valence-electron chi connectivity index (χ0n) is 18.1. The van der Waals surface area contributed by atoms with E-state index in [9.17, 15) is 9.59 Å². The number of hydrogen-bond donors (Lipinski definition) is 1. The zero-order chi connectivity index (χ0) is 22.7. The van der Waals surface area contributed by atoms with Crippen LogP contribution in [0.1, 0.15) is 38.7 Å². The van der Waals surface area contributed by atoms with E-state index < -0.39 is 5.97 Å². The molecule has 3 heterocycles. The fourth-order valence-corrected chi connectivity index (χ4v) is 5.87. The third-order valence-electron chi connectivity index (χ3n) is 5.39. The van der Waals surface area contributed by atoms with Gasteiger partial charge in [-0.3, -0.25) is 4.79 Å². The average molecular weight is 472 g/mol. The number of allylic oxidation sites excluding steroid dienone is 1. The minimum Gasteiger partial charge on any atom is -0.465 e. The molecular formula is C22H25N5O3S2. The van der Waals surface area contributed by atoms with Gasteiger partial charge < -0.3 is 19.2 Å². The number of carbonyl (C=O) groups excluding carboxylic acids is 2. The van der Waals surface area contributed by atoms with Crippen LogP contribution in [0.3, 0.4) is 0 Å². The zero-order valence-corrected chi connectivity index (χ0v) is 19.7. The number of nitrogens with zero attached hydrogens (tertiary/aromatic N) is 4. The highest BCUT2D eigenvalue weighted by Gasteiger charge is 2.28. The van der Waals surface area contributed by atoms with Crippen molar-refractivity contribution in [1.82, 2.24) is 19.3 Å². The Morgan fingerprint density at radius 1 is 1.38 bits per heavy atom. The van der Waals surface area contributed by atoms with Crippen LogP contribution in [0.15, 0.2) is 36.1 Å². The number of thioether (sulfide) groups is 1. The van der Waals surface area contributed by atoms with Crippen LogP contribution in [-0.4, -0.2) is 44.1 Å². The van der Waals surface area contributed by atoms with Crippen LogP contribution >= 0.6 is 23.1 Å². The maximum absolute atomic E-state index is 12.7. The molecule has 0 saturated carbocycles. The summed E-state index contributed by atoms with van der Waals surface area (Å²) in [6.45, 7) is 4.39. The molecule has 0 fully saturated rings. The molecule has 0 radical (unpaired) electrons. The molecule has 1 aliphatic rings. The van der Waals surface area contributed by atoms with E-state index in [0.29, 0.717) is 28.7 Å². The van der Waals surface area contributed by atoms with Gasteiger partial charge in [0.1, 0.15) is 10.8 Å². The number of esters is 1. The number of rotatable bonds is 9. The average Bonchev–Trinajstić information content (AvgIpc) is 3.53. The van der Waals surface area contributed by atoms with Gasteiger partial charge in [0, 0.05) is 36.8 Å². The Kier molecular flexibility index (Phi) is 6.80. The first-order valence-corrected chi connectivity index (χ1v) is 12.1. The quantitative estimate of drug-likeness (QED) is 0.292. The summed E-state index contributed by atoms with van der Waals surface area (Å²) in [5, 5.41) is 12.8. The Hall–Kier alpha value is -2.85. The number of fused-ring (bicyclic) bond motifs is 1. The Morgan fingerprint density at radius 2 is 2.22 bits per heavy atom. The lowest BCUT2D eigenvalue weighted by molar-refractivity contribution is -0.113. The predicted octanol–water partition coefficient (Wildman–Crippen LogP) is 3.46. The summed E-state index contributed by atoms with van der Waals surface area (Å²) in [6.07, 6.45) is 7.22. The summed E-state index contributed by atoms with van der Waals surface area (Å²) in [5.74, 6) is 0.376. The molecular weight excluding hydrogens is 446 g/mol. The topological polar surface area (TPSA) is 91.0 Å². The first-order valence-electron chi connectivity index (χ1n) is 10.3. The van der Waals surface area contributed by atoms with Crippen LogP contribution in [0.2, 0.25) is 0 Å². The van der Waals surface area contributed by atoms with Gasteiger partial charge in [-0.1, -0.05) is 17.8 Å². The Morgan fingerprint density at radius 3 is 2.94 bits per heavy atom. The molecule has 0 bridgehead atoms. The van der Waals surface area contributed by atoms with E-state index in [4.69, 9.17) is 4.74 Å². The van der Waals surface area contributed by atoms with Gasteiger partial charge in [-0.15, -0.1) is 28.1 Å². The van der Waals surface area contributed by atoms with E-state index in [1.165, 1.54) is 30.2 Å². The summed E-state index contributed by atoms with van der Waals surface area (Å²) in [7, 11) is 3.36. The van der Waals surface area contributed by atoms with Crippen molar-refractivity contribution in [3.63, 3.8) is 0 Å². The highest BCUT2D eigenvalue weighted by atomic mass is 32.2. The molecule has 0 aromatic carbocycles. The predicted molar refractivity (Wildman–Crippen MR) is 125 cm³/mol. The van der Waals surface area contributed by atoms with Gasteiger partial charge in [0.25, 0.3) is 0 Å². The smallest absolute Gasteiger partial charge is 0.341 e. The van der Waals surface area contributed by atoms with Crippen molar-refractivity contribution in [2.45, 2.75) is 37.4 Å². The third kappa shape index (κ3) is 4.51. The van der Waals surface area contributed by atoms with Crippen molar-refractivity contribution in [2.24, 2.45) is 7.05 Å². The lowest BCUT2D eigenvalue weighted by Crippen LogP contribution is -2.17. The standard InChI is InChI=1S/C22H25N5O3S2/c1-4-10-27-17(12-14-7-6-11-26(14)2)24-25-22(27)31-13-18(28)23-20-19(21(29)30-3)15-8-5-9-16(15)32-20/h4,6-7,11H,1,5,8-10,12-13H2,2-3H3,(H,23,28). The number of amides is 1. The molecule has 10 heteroatoms. The third-order valence-corrected chi connectivity index (χ3v) is 7.57. The monoisotopic (exact) mass is 471 g/mol. The van der Waals surface area contributed by atoms with E-state index in [1.807, 2.05) is 34.5 Å². The Balaban J connectivity index is 1.45. The lowest BCUT2D eigenvalue weighted by atomic mass is 10.1. The van der Waals surface area contributed by atoms with Crippen molar-refractivity contribution in [3.05, 3.63) is 58.5 Å². The molecule has 1 N–H and O–H groups in total. The molecule has 0 aliphatic heterocycles. The highest BCUT2D eigenvalue weighted by molar-refractivity contribution is 7.99. The molecule has 1 aliphatic carbocycles. The largest absolute Gasteiger partial charge is 0.465 e.